The van der Waals surface area contributed by atoms with Crippen molar-refractivity contribution < 1.29 is 32.9 Å². The Morgan fingerprint density at radius 1 is 0.404 bits per heavy atom. The van der Waals surface area contributed by atoms with E-state index >= 15 is 0 Å². The van der Waals surface area contributed by atoms with Crippen LogP contribution in [0.2, 0.25) is 0 Å². The standard InChI is InChI=1S/C80H151N2O6P/c1-6-8-10-12-14-16-18-20-22-24-26-28-30-32-34-36-37-38-39-40-41-42-43-44-45-46-48-50-52-54-56-58-60-62-64-66-68-70-72-74-80(84)81-78(77-88-89(85,86)87-76-75-82(3,4)5)79(83)73-71-69-67-65-63-61-59-57-55-53-51-49-47-35-33-31-29-27-25-23-21-19-17-15-13-11-9-7-2/h8,10,14,16,20,22,26,28,32,34,37-38,78-79,83H,6-7,9,11-13,15,17-19,21,23-25,27,29-31,33,35-36,39-77H2,1-5H3,(H-,81,84,85,86)/b10-8-,16-14-,22-20-,28-26-,34-32-,38-37-. The van der Waals surface area contributed by atoms with Gasteiger partial charge in [-0.15, -0.1) is 0 Å². The van der Waals surface area contributed by atoms with Crippen molar-refractivity contribution in [2.75, 3.05) is 40.9 Å². The molecule has 0 aromatic heterocycles. The Bertz CT molecular complexity index is 1680. The summed E-state index contributed by atoms with van der Waals surface area (Å²) in [5, 5.41) is 14.1. The van der Waals surface area contributed by atoms with Gasteiger partial charge in [-0.3, -0.25) is 9.36 Å². The third-order valence-corrected chi connectivity index (χ3v) is 18.7. The molecule has 9 heteroatoms. The third-order valence-electron chi connectivity index (χ3n) is 17.7. The van der Waals surface area contributed by atoms with Crippen LogP contribution >= 0.6 is 7.82 Å². The number of phosphoric acid groups is 1. The highest BCUT2D eigenvalue weighted by atomic mass is 31.2. The lowest BCUT2D eigenvalue weighted by Gasteiger charge is -2.30. The molecule has 0 saturated carbocycles. The lowest BCUT2D eigenvalue weighted by atomic mass is 10.0. The number of nitrogens with one attached hydrogen (secondary N) is 1. The molecule has 2 N–H and O–H groups in total. The van der Waals surface area contributed by atoms with Crippen molar-refractivity contribution >= 4 is 13.7 Å². The molecule has 8 nitrogen and oxygen atoms in total. The van der Waals surface area contributed by atoms with Gasteiger partial charge < -0.3 is 28.8 Å². The highest BCUT2D eigenvalue weighted by molar-refractivity contribution is 7.45. The first-order valence-electron chi connectivity index (χ1n) is 38.8. The predicted octanol–water partition coefficient (Wildman–Crippen LogP) is 24.7. The smallest absolute Gasteiger partial charge is 0.268 e. The summed E-state index contributed by atoms with van der Waals surface area (Å²) >= 11 is 0. The molecular formula is C80H151N2O6P. The number of hydrogen-bond acceptors (Lipinski definition) is 6. The van der Waals surface area contributed by atoms with Crippen molar-refractivity contribution in [3.63, 3.8) is 0 Å². The van der Waals surface area contributed by atoms with E-state index in [2.05, 4.69) is 92.1 Å². The Kier molecular flexibility index (Phi) is 68.6. The maximum atomic E-state index is 13.1. The van der Waals surface area contributed by atoms with Gasteiger partial charge in [0, 0.05) is 6.42 Å². The van der Waals surface area contributed by atoms with Crippen LogP contribution in [0.4, 0.5) is 0 Å². The van der Waals surface area contributed by atoms with E-state index < -0.39 is 20.0 Å². The van der Waals surface area contributed by atoms with E-state index in [1.165, 1.54) is 276 Å². The molecule has 0 rings (SSSR count). The molecule has 0 aliphatic rings. The number of likely N-dealkylation sites (N-methyl/N-ethyl adjacent to an activating group) is 1. The average Bonchev–Trinajstić information content (AvgIpc) is 3.55. The second-order valence-corrected chi connectivity index (χ2v) is 29.1. The summed E-state index contributed by atoms with van der Waals surface area (Å²) in [6.45, 7) is 4.66. The van der Waals surface area contributed by atoms with Gasteiger partial charge in [0.1, 0.15) is 13.2 Å². The molecule has 0 bridgehead atoms. The number of unbranched alkanes of at least 4 members (excludes halogenated alkanes) is 47. The second kappa shape index (κ2) is 70.3. The molecule has 0 radical (unpaired) electrons. The number of amides is 1. The zero-order valence-electron chi connectivity index (χ0n) is 59.9. The second-order valence-electron chi connectivity index (χ2n) is 27.7. The molecule has 0 aromatic carbocycles. The number of phosphoric ester groups is 1. The van der Waals surface area contributed by atoms with Gasteiger partial charge in [-0.1, -0.05) is 382 Å². The van der Waals surface area contributed by atoms with E-state index in [9.17, 15) is 19.4 Å². The quantitative estimate of drug-likeness (QED) is 0.0272. The lowest BCUT2D eigenvalue weighted by molar-refractivity contribution is -0.870. The van der Waals surface area contributed by atoms with Crippen LogP contribution in [0, 0.1) is 0 Å². The molecular weight excluding hydrogens is 1120 g/mol. The Labute approximate surface area is 554 Å². The highest BCUT2D eigenvalue weighted by Gasteiger charge is 2.24. The SMILES string of the molecule is CC/C=C\C/C=C\C/C=C\C/C=C\C/C=C\C/C=C\CCCCCCCCCCCCCCCCCCCCCCC(=O)NC(COP(=O)([O-])OCC[N+](C)(C)C)C(O)CCCCCCCCCCCCCCCCCCCCCCCCCCCCCC. The molecule has 89 heavy (non-hydrogen) atoms. The van der Waals surface area contributed by atoms with E-state index in [-0.39, 0.29) is 19.1 Å². The molecule has 0 fully saturated rings. The minimum Gasteiger partial charge on any atom is -0.756 e. The molecule has 0 saturated heterocycles. The van der Waals surface area contributed by atoms with Crippen LogP contribution < -0.4 is 10.2 Å². The topological polar surface area (TPSA) is 108 Å². The molecule has 0 aromatic rings. The molecule has 0 aliphatic carbocycles. The first-order chi connectivity index (χ1) is 43.5. The maximum absolute atomic E-state index is 13.1. The first-order valence-corrected chi connectivity index (χ1v) is 40.2. The number of nitrogens with zero attached hydrogens (tertiary/aromatic N) is 1. The number of carbonyl (C=O) groups excluding carboxylic acids is 1. The summed E-state index contributed by atoms with van der Waals surface area (Å²) in [5.74, 6) is -0.158. The van der Waals surface area contributed by atoms with E-state index in [4.69, 9.17) is 9.05 Å². The van der Waals surface area contributed by atoms with Gasteiger partial charge in [0.2, 0.25) is 5.91 Å². The van der Waals surface area contributed by atoms with Gasteiger partial charge in [0.05, 0.1) is 39.9 Å². The number of carbonyl (C=O) groups is 1. The highest BCUT2D eigenvalue weighted by Crippen LogP contribution is 2.38. The fourth-order valence-electron chi connectivity index (χ4n) is 11.8. The molecule has 522 valence electrons. The van der Waals surface area contributed by atoms with Crippen LogP contribution in [-0.2, 0) is 18.4 Å². The Hall–Kier alpha value is -2.06. The van der Waals surface area contributed by atoms with E-state index in [0.29, 0.717) is 23.9 Å². The Morgan fingerprint density at radius 3 is 1.00 bits per heavy atom. The van der Waals surface area contributed by atoms with Gasteiger partial charge in [-0.25, -0.2) is 0 Å². The number of hydrogen-bond donors (Lipinski definition) is 2. The number of rotatable bonds is 72. The number of quaternary nitrogens is 1. The summed E-state index contributed by atoms with van der Waals surface area (Å²) < 4.78 is 23.6. The minimum absolute atomic E-state index is 0.0130. The average molecular weight is 1270 g/mol. The number of aliphatic hydroxyl groups excluding tert-OH is 1. The summed E-state index contributed by atoms with van der Waals surface area (Å²) in [7, 11) is 1.32. The molecule has 3 atom stereocenters. The van der Waals surface area contributed by atoms with Crippen LogP contribution in [0.5, 0.6) is 0 Å². The molecule has 0 aliphatic heterocycles. The van der Waals surface area contributed by atoms with Gasteiger partial charge in [0.25, 0.3) is 7.82 Å². The van der Waals surface area contributed by atoms with Crippen molar-refractivity contribution in [3.8, 4) is 0 Å². The summed E-state index contributed by atoms with van der Waals surface area (Å²) in [6.07, 6.45) is 98.7. The Morgan fingerprint density at radius 2 is 0.685 bits per heavy atom. The van der Waals surface area contributed by atoms with Gasteiger partial charge in [0.15, 0.2) is 0 Å². The summed E-state index contributed by atoms with van der Waals surface area (Å²) in [6, 6.07) is -0.803. The van der Waals surface area contributed by atoms with Crippen molar-refractivity contribution in [2.45, 2.75) is 392 Å². The van der Waals surface area contributed by atoms with Crippen molar-refractivity contribution in [3.05, 3.63) is 72.9 Å². The lowest BCUT2D eigenvalue weighted by Crippen LogP contribution is -2.46. The van der Waals surface area contributed by atoms with Crippen LogP contribution in [0.3, 0.4) is 0 Å². The maximum Gasteiger partial charge on any atom is 0.268 e. The van der Waals surface area contributed by atoms with Gasteiger partial charge in [-0.05, 0) is 64.2 Å². The fourth-order valence-corrected chi connectivity index (χ4v) is 12.5. The Balaban J connectivity index is 3.94. The zero-order valence-corrected chi connectivity index (χ0v) is 60.8. The largest absolute Gasteiger partial charge is 0.756 e. The van der Waals surface area contributed by atoms with Gasteiger partial charge >= 0.3 is 0 Å². The zero-order chi connectivity index (χ0) is 64.8. The monoisotopic (exact) mass is 1270 g/mol. The third kappa shape index (κ3) is 73.2. The predicted molar refractivity (Wildman–Crippen MR) is 390 cm³/mol. The van der Waals surface area contributed by atoms with Crippen LogP contribution in [0.1, 0.15) is 380 Å². The summed E-state index contributed by atoms with van der Waals surface area (Å²) in [5.41, 5.74) is 0. The van der Waals surface area contributed by atoms with E-state index in [1.807, 2.05) is 21.1 Å². The van der Waals surface area contributed by atoms with Crippen molar-refractivity contribution in [1.29, 1.82) is 0 Å². The van der Waals surface area contributed by atoms with Crippen LogP contribution in [0.15, 0.2) is 72.9 Å². The number of aliphatic hydroxyl groups is 1. The van der Waals surface area contributed by atoms with E-state index in [1.54, 1.807) is 0 Å². The summed E-state index contributed by atoms with van der Waals surface area (Å²) in [4.78, 5) is 25.7. The minimum atomic E-state index is -4.58. The van der Waals surface area contributed by atoms with Crippen LogP contribution in [-0.4, -0.2) is 68.5 Å². The number of allylic oxidation sites excluding steroid dienone is 12. The molecule has 1 amide bonds. The molecule has 0 heterocycles. The van der Waals surface area contributed by atoms with Crippen molar-refractivity contribution in [1.82, 2.24) is 5.32 Å². The van der Waals surface area contributed by atoms with Crippen molar-refractivity contribution in [2.24, 2.45) is 0 Å². The molecule has 0 spiro atoms. The van der Waals surface area contributed by atoms with Gasteiger partial charge in [-0.2, -0.15) is 0 Å². The van der Waals surface area contributed by atoms with Crippen LogP contribution in [0.25, 0.3) is 0 Å². The first kappa shape index (κ1) is 86.9. The normalized spacial score (nSPS) is 13.9. The van der Waals surface area contributed by atoms with E-state index in [0.717, 1.165) is 77.0 Å². The molecule has 3 unspecified atom stereocenters. The fraction of sp³-hybridized carbons (Fsp3) is 0.838.